The third-order valence-corrected chi connectivity index (χ3v) is 3.65. The Kier molecular flexibility index (Phi) is 4.47. The highest BCUT2D eigenvalue weighted by Gasteiger charge is 2.17. The van der Waals surface area contributed by atoms with Gasteiger partial charge in [0.25, 0.3) is 0 Å². The van der Waals surface area contributed by atoms with E-state index in [4.69, 9.17) is 6.42 Å². The van der Waals surface area contributed by atoms with Gasteiger partial charge in [0, 0.05) is 29.3 Å². The minimum absolute atomic E-state index is 0.574. The molecule has 17 heavy (non-hydrogen) atoms. The molecule has 0 aromatic heterocycles. The zero-order valence-electron chi connectivity index (χ0n) is 9.82. The SMILES string of the molecule is C#CCN1CCC(Nc2ccc(Br)cc2)CC1. The lowest BCUT2D eigenvalue weighted by atomic mass is 10.0. The number of hydrogen-bond acceptors (Lipinski definition) is 2. The second-order valence-corrected chi connectivity index (χ2v) is 5.32. The van der Waals surface area contributed by atoms with Gasteiger partial charge in [-0.25, -0.2) is 0 Å². The predicted octanol–water partition coefficient (Wildman–Crippen LogP) is 2.96. The topological polar surface area (TPSA) is 15.3 Å². The second kappa shape index (κ2) is 6.09. The quantitative estimate of drug-likeness (QED) is 0.862. The number of rotatable bonds is 3. The molecular weight excluding hydrogens is 276 g/mol. The minimum Gasteiger partial charge on any atom is -0.382 e. The molecule has 1 N–H and O–H groups in total. The number of hydrogen-bond donors (Lipinski definition) is 1. The van der Waals surface area contributed by atoms with Crippen molar-refractivity contribution in [3.8, 4) is 12.3 Å². The van der Waals surface area contributed by atoms with Crippen LogP contribution in [0.4, 0.5) is 5.69 Å². The first-order valence-electron chi connectivity index (χ1n) is 5.96. The molecule has 0 bridgehead atoms. The highest BCUT2D eigenvalue weighted by molar-refractivity contribution is 9.10. The van der Waals surface area contributed by atoms with Crippen LogP contribution in [0.25, 0.3) is 0 Å². The van der Waals surface area contributed by atoms with Gasteiger partial charge in [-0.2, -0.15) is 0 Å². The standard InChI is InChI=1S/C14H17BrN2/c1-2-9-17-10-7-14(8-11-17)16-13-5-3-12(15)4-6-13/h1,3-6,14,16H,7-11H2. The highest BCUT2D eigenvalue weighted by atomic mass is 79.9. The molecule has 1 aliphatic heterocycles. The predicted molar refractivity (Wildman–Crippen MR) is 76.1 cm³/mol. The lowest BCUT2D eigenvalue weighted by Crippen LogP contribution is -2.39. The van der Waals surface area contributed by atoms with Crippen molar-refractivity contribution in [2.45, 2.75) is 18.9 Å². The van der Waals surface area contributed by atoms with Crippen molar-refractivity contribution in [2.24, 2.45) is 0 Å². The molecule has 2 rings (SSSR count). The Morgan fingerprint density at radius 1 is 1.29 bits per heavy atom. The zero-order valence-corrected chi connectivity index (χ0v) is 11.4. The van der Waals surface area contributed by atoms with Crippen molar-refractivity contribution < 1.29 is 0 Å². The summed E-state index contributed by atoms with van der Waals surface area (Å²) in [6, 6.07) is 8.92. The average Bonchev–Trinajstić information content (AvgIpc) is 2.35. The first-order valence-corrected chi connectivity index (χ1v) is 6.75. The summed E-state index contributed by atoms with van der Waals surface area (Å²) in [5.74, 6) is 2.71. The Balaban J connectivity index is 1.82. The minimum atomic E-state index is 0.574. The molecule has 0 amide bonds. The molecule has 1 aromatic carbocycles. The van der Waals surface area contributed by atoms with Crippen LogP contribution in [-0.4, -0.2) is 30.6 Å². The van der Waals surface area contributed by atoms with Crippen molar-refractivity contribution >= 4 is 21.6 Å². The van der Waals surface area contributed by atoms with Gasteiger partial charge in [0.05, 0.1) is 6.54 Å². The van der Waals surface area contributed by atoms with E-state index >= 15 is 0 Å². The maximum atomic E-state index is 5.32. The van der Waals surface area contributed by atoms with E-state index in [1.807, 2.05) is 0 Å². The van der Waals surface area contributed by atoms with Gasteiger partial charge in [-0.3, -0.25) is 4.90 Å². The lowest BCUT2D eigenvalue weighted by molar-refractivity contribution is 0.243. The van der Waals surface area contributed by atoms with Gasteiger partial charge in [-0.1, -0.05) is 21.9 Å². The summed E-state index contributed by atoms with van der Waals surface area (Å²) in [6.07, 6.45) is 7.65. The fraction of sp³-hybridized carbons (Fsp3) is 0.429. The van der Waals surface area contributed by atoms with Crippen LogP contribution in [0.15, 0.2) is 28.7 Å². The van der Waals surface area contributed by atoms with E-state index in [0.29, 0.717) is 6.04 Å². The third-order valence-electron chi connectivity index (χ3n) is 3.12. The van der Waals surface area contributed by atoms with Crippen LogP contribution in [0.1, 0.15) is 12.8 Å². The molecule has 1 fully saturated rings. The number of halogens is 1. The Labute approximate surface area is 112 Å². The summed E-state index contributed by atoms with van der Waals surface area (Å²) in [5, 5.41) is 3.57. The molecule has 1 aromatic rings. The molecule has 0 atom stereocenters. The van der Waals surface area contributed by atoms with Crippen molar-refractivity contribution in [3.63, 3.8) is 0 Å². The molecule has 0 unspecified atom stereocenters. The van der Waals surface area contributed by atoms with Gasteiger partial charge in [-0.15, -0.1) is 6.42 Å². The fourth-order valence-corrected chi connectivity index (χ4v) is 2.41. The number of terminal acetylenes is 1. The van der Waals surface area contributed by atoms with Gasteiger partial charge < -0.3 is 5.32 Å². The fourth-order valence-electron chi connectivity index (χ4n) is 2.15. The van der Waals surface area contributed by atoms with Gasteiger partial charge in [-0.05, 0) is 37.1 Å². The average molecular weight is 293 g/mol. The zero-order chi connectivity index (χ0) is 12.1. The van der Waals surface area contributed by atoms with Crippen LogP contribution >= 0.6 is 15.9 Å². The molecule has 1 heterocycles. The number of anilines is 1. The highest BCUT2D eigenvalue weighted by Crippen LogP contribution is 2.18. The molecule has 90 valence electrons. The van der Waals surface area contributed by atoms with Gasteiger partial charge in [0.2, 0.25) is 0 Å². The van der Waals surface area contributed by atoms with Gasteiger partial charge >= 0.3 is 0 Å². The molecule has 0 aliphatic carbocycles. The normalized spacial score (nSPS) is 17.6. The van der Waals surface area contributed by atoms with E-state index in [1.165, 1.54) is 5.69 Å². The number of benzene rings is 1. The first kappa shape index (κ1) is 12.5. The monoisotopic (exact) mass is 292 g/mol. The Hall–Kier alpha value is -0.980. The van der Waals surface area contributed by atoms with E-state index in [9.17, 15) is 0 Å². The molecular formula is C14H17BrN2. The Bertz CT molecular complexity index is 386. The molecule has 0 radical (unpaired) electrons. The second-order valence-electron chi connectivity index (χ2n) is 4.41. The van der Waals surface area contributed by atoms with Gasteiger partial charge in [0.1, 0.15) is 0 Å². The first-order chi connectivity index (χ1) is 8.28. The van der Waals surface area contributed by atoms with Crippen molar-refractivity contribution in [3.05, 3.63) is 28.7 Å². The summed E-state index contributed by atoms with van der Waals surface area (Å²) >= 11 is 3.44. The Morgan fingerprint density at radius 3 is 2.53 bits per heavy atom. The summed E-state index contributed by atoms with van der Waals surface area (Å²) in [6.45, 7) is 2.97. The largest absolute Gasteiger partial charge is 0.382 e. The van der Waals surface area contributed by atoms with E-state index in [-0.39, 0.29) is 0 Å². The number of piperidine rings is 1. The lowest BCUT2D eigenvalue weighted by Gasteiger charge is -2.31. The smallest absolute Gasteiger partial charge is 0.0598 e. The van der Waals surface area contributed by atoms with E-state index in [2.05, 4.69) is 56.3 Å². The molecule has 1 saturated heterocycles. The summed E-state index contributed by atoms with van der Waals surface area (Å²) < 4.78 is 1.12. The Morgan fingerprint density at radius 2 is 1.94 bits per heavy atom. The van der Waals surface area contributed by atoms with Crippen LogP contribution in [0.2, 0.25) is 0 Å². The molecule has 0 saturated carbocycles. The maximum Gasteiger partial charge on any atom is 0.0598 e. The van der Waals surface area contributed by atoms with Crippen molar-refractivity contribution in [1.82, 2.24) is 4.90 Å². The van der Waals surface area contributed by atoms with Crippen LogP contribution in [0.3, 0.4) is 0 Å². The van der Waals surface area contributed by atoms with E-state index in [0.717, 1.165) is 36.9 Å². The van der Waals surface area contributed by atoms with Crippen LogP contribution < -0.4 is 5.32 Å². The summed E-state index contributed by atoms with van der Waals surface area (Å²) in [7, 11) is 0. The number of nitrogens with zero attached hydrogens (tertiary/aromatic N) is 1. The van der Waals surface area contributed by atoms with E-state index in [1.54, 1.807) is 0 Å². The molecule has 1 aliphatic rings. The van der Waals surface area contributed by atoms with Crippen molar-refractivity contribution in [2.75, 3.05) is 25.0 Å². The maximum absolute atomic E-state index is 5.32. The van der Waals surface area contributed by atoms with Crippen molar-refractivity contribution in [1.29, 1.82) is 0 Å². The van der Waals surface area contributed by atoms with Crippen LogP contribution in [0.5, 0.6) is 0 Å². The number of likely N-dealkylation sites (tertiary alicyclic amines) is 1. The van der Waals surface area contributed by atoms with Gasteiger partial charge in [0.15, 0.2) is 0 Å². The molecule has 0 spiro atoms. The van der Waals surface area contributed by atoms with E-state index < -0.39 is 0 Å². The summed E-state index contributed by atoms with van der Waals surface area (Å²) in [5.41, 5.74) is 1.20. The number of nitrogens with one attached hydrogen (secondary N) is 1. The van der Waals surface area contributed by atoms with Crippen LogP contribution in [-0.2, 0) is 0 Å². The summed E-state index contributed by atoms with van der Waals surface area (Å²) in [4.78, 5) is 2.33. The van der Waals surface area contributed by atoms with Crippen LogP contribution in [0, 0.1) is 12.3 Å². The molecule has 2 nitrogen and oxygen atoms in total. The molecule has 3 heteroatoms. The third kappa shape index (κ3) is 3.76.